The van der Waals surface area contributed by atoms with Crippen molar-refractivity contribution in [2.75, 3.05) is 13.6 Å². The van der Waals surface area contributed by atoms with Gasteiger partial charge < -0.3 is 10.6 Å². The quantitative estimate of drug-likeness (QED) is 0.632. The van der Waals surface area contributed by atoms with Gasteiger partial charge in [0.15, 0.2) is 0 Å². The van der Waals surface area contributed by atoms with Gasteiger partial charge in [0.25, 0.3) is 0 Å². The van der Waals surface area contributed by atoms with Crippen LogP contribution in [-0.2, 0) is 13.6 Å². The van der Waals surface area contributed by atoms with Crippen LogP contribution in [0.5, 0.6) is 0 Å². The summed E-state index contributed by atoms with van der Waals surface area (Å²) in [6, 6.07) is 0. The Balaban J connectivity index is 2.62. The molecular weight excluding hydrogens is 270 g/mol. The minimum absolute atomic E-state index is 0.229. The Kier molecular flexibility index (Phi) is 4.49. The lowest BCUT2D eigenvalue weighted by atomic mass is 10.3. The Bertz CT molecular complexity index is 385. The first-order chi connectivity index (χ1) is 7.41. The molecule has 0 unspecified atom stereocenters. The summed E-state index contributed by atoms with van der Waals surface area (Å²) in [6.07, 6.45) is 0.602. The van der Waals surface area contributed by atoms with E-state index in [2.05, 4.69) is 25.9 Å². The molecular formula is C10H18BrN5. The maximum absolute atomic E-state index is 7.18. The zero-order valence-corrected chi connectivity index (χ0v) is 11.5. The first kappa shape index (κ1) is 13.2. The third-order valence-electron chi connectivity index (χ3n) is 2.44. The van der Waals surface area contributed by atoms with Gasteiger partial charge in [-0.05, 0) is 29.9 Å². The third kappa shape index (κ3) is 3.31. The summed E-state index contributed by atoms with van der Waals surface area (Å²) >= 11 is 3.53. The van der Waals surface area contributed by atoms with Crippen LogP contribution in [0.4, 0.5) is 0 Å². The van der Waals surface area contributed by atoms with Gasteiger partial charge in [-0.1, -0.05) is 0 Å². The molecule has 1 aromatic rings. The van der Waals surface area contributed by atoms with E-state index in [9.17, 15) is 0 Å². The van der Waals surface area contributed by atoms with Gasteiger partial charge in [0, 0.05) is 26.6 Å². The lowest BCUT2D eigenvalue weighted by molar-refractivity contribution is 0.325. The Hall–Kier alpha value is -0.880. The van der Waals surface area contributed by atoms with E-state index in [0.29, 0.717) is 6.42 Å². The highest BCUT2D eigenvalue weighted by atomic mass is 79.9. The molecule has 0 fully saturated rings. The van der Waals surface area contributed by atoms with E-state index in [1.165, 1.54) is 0 Å². The molecule has 5 nitrogen and oxygen atoms in total. The maximum Gasteiger partial charge on any atom is 0.0918 e. The van der Waals surface area contributed by atoms with Gasteiger partial charge in [0.2, 0.25) is 0 Å². The van der Waals surface area contributed by atoms with Crippen molar-refractivity contribution in [3.63, 3.8) is 0 Å². The van der Waals surface area contributed by atoms with Crippen LogP contribution >= 0.6 is 15.9 Å². The lowest BCUT2D eigenvalue weighted by Crippen LogP contribution is -2.25. The van der Waals surface area contributed by atoms with Crippen LogP contribution in [0.2, 0.25) is 0 Å². The second-order valence-corrected chi connectivity index (χ2v) is 4.78. The van der Waals surface area contributed by atoms with Gasteiger partial charge in [0.1, 0.15) is 0 Å². The van der Waals surface area contributed by atoms with Gasteiger partial charge in [-0.25, -0.2) is 0 Å². The molecule has 0 aliphatic rings. The van der Waals surface area contributed by atoms with Crippen LogP contribution in [-0.4, -0.2) is 34.1 Å². The minimum Gasteiger partial charge on any atom is -0.388 e. The number of hydrogen-bond acceptors (Lipinski definition) is 3. The van der Waals surface area contributed by atoms with E-state index in [0.717, 1.165) is 29.0 Å². The van der Waals surface area contributed by atoms with Crippen molar-refractivity contribution >= 4 is 21.8 Å². The number of hydrogen-bond donors (Lipinski definition) is 2. The van der Waals surface area contributed by atoms with Gasteiger partial charge in [-0.15, -0.1) is 0 Å². The first-order valence-electron chi connectivity index (χ1n) is 5.11. The molecule has 0 aromatic carbocycles. The Labute approximate surface area is 104 Å². The van der Waals surface area contributed by atoms with E-state index in [4.69, 9.17) is 11.1 Å². The van der Waals surface area contributed by atoms with E-state index in [1.54, 1.807) is 0 Å². The molecule has 0 bridgehead atoms. The van der Waals surface area contributed by atoms with Gasteiger partial charge >= 0.3 is 0 Å². The Morgan fingerprint density at radius 3 is 2.69 bits per heavy atom. The Morgan fingerprint density at radius 1 is 1.62 bits per heavy atom. The predicted octanol–water partition coefficient (Wildman–Crippen LogP) is 1.25. The number of aryl methyl sites for hydroxylation is 2. The van der Waals surface area contributed by atoms with Crippen molar-refractivity contribution < 1.29 is 0 Å². The lowest BCUT2D eigenvalue weighted by Gasteiger charge is -2.16. The second-order valence-electron chi connectivity index (χ2n) is 3.98. The van der Waals surface area contributed by atoms with Crippen molar-refractivity contribution in [3.8, 4) is 0 Å². The van der Waals surface area contributed by atoms with Gasteiger partial charge in [-0.3, -0.25) is 10.1 Å². The number of aromatic nitrogens is 2. The maximum atomic E-state index is 7.18. The predicted molar refractivity (Wildman–Crippen MR) is 68.5 cm³/mol. The number of amidine groups is 1. The molecule has 3 N–H and O–H groups in total. The largest absolute Gasteiger partial charge is 0.388 e. The van der Waals surface area contributed by atoms with Gasteiger partial charge in [0.05, 0.1) is 21.7 Å². The first-order valence-corrected chi connectivity index (χ1v) is 5.90. The van der Waals surface area contributed by atoms with E-state index in [-0.39, 0.29) is 5.84 Å². The second kappa shape index (κ2) is 5.45. The van der Waals surface area contributed by atoms with Crippen molar-refractivity contribution in [1.29, 1.82) is 5.41 Å². The average Bonchev–Trinajstić information content (AvgIpc) is 2.42. The van der Waals surface area contributed by atoms with Crippen LogP contribution < -0.4 is 5.73 Å². The van der Waals surface area contributed by atoms with Crippen molar-refractivity contribution in [2.24, 2.45) is 12.8 Å². The fourth-order valence-corrected chi connectivity index (χ4v) is 1.96. The van der Waals surface area contributed by atoms with Crippen LogP contribution in [0.25, 0.3) is 0 Å². The summed E-state index contributed by atoms with van der Waals surface area (Å²) in [5.74, 6) is 0.229. The monoisotopic (exact) mass is 287 g/mol. The fraction of sp³-hybridized carbons (Fsp3) is 0.600. The molecule has 1 aromatic heterocycles. The summed E-state index contributed by atoms with van der Waals surface area (Å²) in [7, 11) is 3.95. The molecule has 16 heavy (non-hydrogen) atoms. The van der Waals surface area contributed by atoms with E-state index >= 15 is 0 Å². The van der Waals surface area contributed by atoms with Gasteiger partial charge in [-0.2, -0.15) is 5.10 Å². The highest BCUT2D eigenvalue weighted by Gasteiger charge is 2.12. The number of halogens is 1. The van der Waals surface area contributed by atoms with Crippen LogP contribution in [0, 0.1) is 12.3 Å². The fourth-order valence-electron chi connectivity index (χ4n) is 1.50. The molecule has 0 atom stereocenters. The van der Waals surface area contributed by atoms with E-state index < -0.39 is 0 Å². The summed E-state index contributed by atoms with van der Waals surface area (Å²) in [4.78, 5) is 2.13. The number of nitrogens with two attached hydrogens (primary N) is 1. The smallest absolute Gasteiger partial charge is 0.0918 e. The molecule has 0 amide bonds. The highest BCUT2D eigenvalue weighted by Crippen LogP contribution is 2.21. The van der Waals surface area contributed by atoms with Crippen molar-refractivity contribution in [2.45, 2.75) is 19.9 Å². The zero-order chi connectivity index (χ0) is 12.3. The van der Waals surface area contributed by atoms with Crippen molar-refractivity contribution in [1.82, 2.24) is 14.7 Å². The third-order valence-corrected chi connectivity index (χ3v) is 3.48. The minimum atomic E-state index is 0.229. The molecule has 1 heterocycles. The molecule has 0 aliphatic carbocycles. The van der Waals surface area contributed by atoms with E-state index in [1.807, 2.05) is 25.7 Å². The zero-order valence-electron chi connectivity index (χ0n) is 9.92. The molecule has 0 radical (unpaired) electrons. The topological polar surface area (TPSA) is 70.9 Å². The molecule has 0 saturated heterocycles. The normalized spacial score (nSPS) is 11.1. The summed E-state index contributed by atoms with van der Waals surface area (Å²) in [5, 5.41) is 11.5. The number of nitrogens with zero attached hydrogens (tertiary/aromatic N) is 3. The van der Waals surface area contributed by atoms with Crippen LogP contribution in [0.15, 0.2) is 4.47 Å². The molecule has 6 heteroatoms. The highest BCUT2D eigenvalue weighted by molar-refractivity contribution is 9.10. The average molecular weight is 288 g/mol. The summed E-state index contributed by atoms with van der Waals surface area (Å²) < 4.78 is 2.94. The van der Waals surface area contributed by atoms with Crippen molar-refractivity contribution in [3.05, 3.63) is 15.9 Å². The number of rotatable bonds is 5. The Morgan fingerprint density at radius 2 is 2.25 bits per heavy atom. The van der Waals surface area contributed by atoms with Crippen LogP contribution in [0.3, 0.4) is 0 Å². The standard InChI is InChI=1S/C10H18BrN5/c1-7-10(11)8(16(3)14-7)6-15(2)5-4-9(12)13/h4-6H2,1-3H3,(H3,12,13). The SMILES string of the molecule is Cc1nn(C)c(CN(C)CCC(=N)N)c1Br. The molecule has 1 rings (SSSR count). The summed E-state index contributed by atoms with van der Waals surface area (Å²) in [6.45, 7) is 3.56. The molecule has 0 saturated carbocycles. The molecule has 0 aliphatic heterocycles. The number of nitrogens with one attached hydrogen (secondary N) is 1. The molecule has 0 spiro atoms. The molecule has 90 valence electrons. The summed E-state index contributed by atoms with van der Waals surface area (Å²) in [5.41, 5.74) is 7.47. The van der Waals surface area contributed by atoms with Crippen LogP contribution in [0.1, 0.15) is 17.8 Å².